The highest BCUT2D eigenvalue weighted by atomic mass is 16.6. The van der Waals surface area contributed by atoms with Crippen LogP contribution in [0.4, 0.5) is 5.69 Å². The second kappa shape index (κ2) is 4.78. The predicted octanol–water partition coefficient (Wildman–Crippen LogP) is 2.07. The van der Waals surface area contributed by atoms with E-state index in [-0.39, 0.29) is 12.5 Å². The van der Waals surface area contributed by atoms with Crippen molar-refractivity contribution in [3.63, 3.8) is 0 Å². The van der Waals surface area contributed by atoms with E-state index in [0.717, 1.165) is 5.69 Å². The fourth-order valence-corrected chi connectivity index (χ4v) is 1.67. The number of carbonyl (C=O) groups excluding carboxylic acids is 1. The van der Waals surface area contributed by atoms with E-state index in [1.54, 1.807) is 12.1 Å². The molecule has 1 unspecified atom stereocenters. The first kappa shape index (κ1) is 11.8. The predicted molar refractivity (Wildman–Crippen MR) is 68.0 cm³/mol. The molecule has 0 aliphatic carbocycles. The summed E-state index contributed by atoms with van der Waals surface area (Å²) in [6.07, 6.45) is 1.51. The normalized spacial score (nSPS) is 20.8. The van der Waals surface area contributed by atoms with Crippen LogP contribution in [-0.2, 0) is 9.53 Å². The van der Waals surface area contributed by atoms with Gasteiger partial charge in [0.15, 0.2) is 0 Å². The zero-order chi connectivity index (χ0) is 13.1. The molecule has 19 heavy (non-hydrogen) atoms. The van der Waals surface area contributed by atoms with Crippen LogP contribution in [0.5, 0.6) is 5.95 Å². The zero-order valence-electron chi connectivity index (χ0n) is 10.2. The van der Waals surface area contributed by atoms with Gasteiger partial charge in [-0.05, 0) is 18.2 Å². The highest BCUT2D eigenvalue weighted by molar-refractivity contribution is 5.99. The molecule has 2 aromatic rings. The van der Waals surface area contributed by atoms with Gasteiger partial charge in [-0.3, -0.25) is 4.79 Å². The number of nitrogens with one attached hydrogen (secondary N) is 1. The molecule has 1 amide bonds. The van der Waals surface area contributed by atoms with Gasteiger partial charge < -0.3 is 19.2 Å². The van der Waals surface area contributed by atoms with Crippen LogP contribution in [0, 0.1) is 0 Å². The molecule has 1 aromatic heterocycles. The second-order valence-electron chi connectivity index (χ2n) is 4.32. The molecule has 1 saturated heterocycles. The van der Waals surface area contributed by atoms with Crippen LogP contribution in [0.25, 0.3) is 0 Å². The highest BCUT2D eigenvalue weighted by Gasteiger charge is 2.53. The van der Waals surface area contributed by atoms with Gasteiger partial charge in [-0.1, -0.05) is 18.2 Å². The Labute approximate surface area is 110 Å². The average molecular weight is 259 g/mol. The highest BCUT2D eigenvalue weighted by Crippen LogP contribution is 2.29. The van der Waals surface area contributed by atoms with Crippen LogP contribution in [0.1, 0.15) is 0 Å². The topological polar surface area (TPSA) is 64.0 Å². The maximum absolute atomic E-state index is 12.1. The fourth-order valence-electron chi connectivity index (χ4n) is 1.67. The number of hydrogen-bond donors (Lipinski definition) is 1. The van der Waals surface area contributed by atoms with E-state index in [9.17, 15) is 4.79 Å². The van der Waals surface area contributed by atoms with E-state index in [2.05, 4.69) is 5.32 Å². The van der Waals surface area contributed by atoms with Gasteiger partial charge >= 0.3 is 0 Å². The summed E-state index contributed by atoms with van der Waals surface area (Å²) < 4.78 is 15.7. The van der Waals surface area contributed by atoms with Crippen LogP contribution in [0.2, 0.25) is 0 Å². The van der Waals surface area contributed by atoms with Crippen LogP contribution in [-0.4, -0.2) is 24.7 Å². The van der Waals surface area contributed by atoms with Crippen molar-refractivity contribution in [1.29, 1.82) is 0 Å². The lowest BCUT2D eigenvalue weighted by Crippen LogP contribution is -2.36. The fraction of sp³-hybridized carbons (Fsp3) is 0.214. The summed E-state index contributed by atoms with van der Waals surface area (Å²) in [5, 5.41) is 2.80. The van der Waals surface area contributed by atoms with E-state index in [0.29, 0.717) is 12.6 Å². The Kier molecular flexibility index (Phi) is 2.97. The van der Waals surface area contributed by atoms with Crippen molar-refractivity contribution >= 4 is 11.6 Å². The smallest absolute Gasteiger partial charge is 0.284 e. The maximum atomic E-state index is 12.1. The molecular weight excluding hydrogens is 246 g/mol. The number of benzene rings is 1. The number of furan rings is 1. The monoisotopic (exact) mass is 259 g/mol. The van der Waals surface area contributed by atoms with E-state index >= 15 is 0 Å². The number of anilines is 1. The summed E-state index contributed by atoms with van der Waals surface area (Å²) in [5.41, 5.74) is -0.164. The number of rotatable bonds is 5. The first-order chi connectivity index (χ1) is 9.28. The van der Waals surface area contributed by atoms with Gasteiger partial charge in [-0.2, -0.15) is 0 Å². The molecule has 1 fully saturated rings. The molecule has 0 saturated carbocycles. The van der Waals surface area contributed by atoms with Gasteiger partial charge in [-0.25, -0.2) is 0 Å². The van der Waals surface area contributed by atoms with Gasteiger partial charge in [0.2, 0.25) is 5.60 Å². The average Bonchev–Trinajstić information content (AvgIpc) is 3.05. The van der Waals surface area contributed by atoms with Crippen molar-refractivity contribution in [1.82, 2.24) is 0 Å². The summed E-state index contributed by atoms with van der Waals surface area (Å²) >= 11 is 0. The lowest BCUT2D eigenvalue weighted by atomic mass is 10.1. The van der Waals surface area contributed by atoms with Crippen molar-refractivity contribution in [2.45, 2.75) is 5.60 Å². The Morgan fingerprint density at radius 3 is 2.68 bits per heavy atom. The molecule has 1 atom stereocenters. The Morgan fingerprint density at radius 2 is 2.05 bits per heavy atom. The third-order valence-corrected chi connectivity index (χ3v) is 2.88. The van der Waals surface area contributed by atoms with Gasteiger partial charge in [0.25, 0.3) is 11.9 Å². The van der Waals surface area contributed by atoms with Crippen molar-refractivity contribution in [2.24, 2.45) is 0 Å². The van der Waals surface area contributed by atoms with Gasteiger partial charge in [0.05, 0.1) is 12.9 Å². The van der Waals surface area contributed by atoms with Crippen molar-refractivity contribution < 1.29 is 18.7 Å². The third-order valence-electron chi connectivity index (χ3n) is 2.88. The van der Waals surface area contributed by atoms with Crippen LogP contribution >= 0.6 is 0 Å². The molecular formula is C14H13NO4. The quantitative estimate of drug-likeness (QED) is 0.835. The molecule has 2 heterocycles. The summed E-state index contributed by atoms with van der Waals surface area (Å²) in [6.45, 7) is 0.492. The van der Waals surface area contributed by atoms with Crippen LogP contribution in [0.3, 0.4) is 0 Å². The third kappa shape index (κ3) is 2.61. The Hall–Kier alpha value is -2.27. The first-order valence-electron chi connectivity index (χ1n) is 5.95. The Morgan fingerprint density at radius 1 is 1.26 bits per heavy atom. The van der Waals surface area contributed by atoms with E-state index in [4.69, 9.17) is 13.9 Å². The lowest BCUT2D eigenvalue weighted by Gasteiger charge is -2.12. The number of epoxide rings is 1. The number of para-hydroxylation sites is 1. The summed E-state index contributed by atoms with van der Waals surface area (Å²) in [7, 11) is 0. The number of carbonyl (C=O) groups is 1. The van der Waals surface area contributed by atoms with Crippen molar-refractivity contribution in [3.8, 4) is 5.95 Å². The zero-order valence-corrected chi connectivity index (χ0v) is 10.2. The largest absolute Gasteiger partial charge is 0.461 e. The summed E-state index contributed by atoms with van der Waals surface area (Å²) in [5.74, 6) is 0.174. The minimum atomic E-state index is -0.900. The first-order valence-corrected chi connectivity index (χ1v) is 5.95. The Bertz CT molecular complexity index is 546. The van der Waals surface area contributed by atoms with E-state index < -0.39 is 5.60 Å². The maximum Gasteiger partial charge on any atom is 0.284 e. The molecule has 1 aliphatic heterocycles. The number of ether oxygens (including phenoxy) is 2. The van der Waals surface area contributed by atoms with E-state index in [1.165, 1.54) is 6.26 Å². The number of amides is 1. The summed E-state index contributed by atoms with van der Waals surface area (Å²) in [6, 6.07) is 12.7. The van der Waals surface area contributed by atoms with Crippen molar-refractivity contribution in [3.05, 3.63) is 48.7 Å². The standard InChI is InChI=1S/C14H13NO4/c16-13(15-11-5-2-1-3-6-11)14(10-19-14)9-18-12-7-4-8-17-12/h1-8H,9-10H2,(H,15,16). The van der Waals surface area contributed by atoms with Crippen LogP contribution < -0.4 is 10.1 Å². The SMILES string of the molecule is O=C(Nc1ccccc1)C1(COc2ccco2)CO1. The number of hydrogen-bond acceptors (Lipinski definition) is 4. The molecule has 98 valence electrons. The van der Waals surface area contributed by atoms with Gasteiger partial charge in [0, 0.05) is 11.8 Å². The van der Waals surface area contributed by atoms with Gasteiger partial charge in [0.1, 0.15) is 6.61 Å². The molecule has 1 aliphatic rings. The minimum absolute atomic E-state index is 0.138. The summed E-state index contributed by atoms with van der Waals surface area (Å²) in [4.78, 5) is 12.1. The molecule has 1 N–H and O–H groups in total. The molecule has 5 nitrogen and oxygen atoms in total. The van der Waals surface area contributed by atoms with E-state index in [1.807, 2.05) is 30.3 Å². The molecule has 1 aromatic carbocycles. The molecule has 3 rings (SSSR count). The molecule has 5 heteroatoms. The molecule has 0 spiro atoms. The van der Waals surface area contributed by atoms with Crippen molar-refractivity contribution in [2.75, 3.05) is 18.5 Å². The second-order valence-corrected chi connectivity index (χ2v) is 4.32. The minimum Gasteiger partial charge on any atom is -0.461 e. The lowest BCUT2D eigenvalue weighted by molar-refractivity contribution is -0.122. The Balaban J connectivity index is 1.60. The molecule has 0 radical (unpaired) electrons. The van der Waals surface area contributed by atoms with Crippen LogP contribution in [0.15, 0.2) is 53.1 Å². The molecule has 0 bridgehead atoms. The van der Waals surface area contributed by atoms with Gasteiger partial charge in [-0.15, -0.1) is 0 Å².